The molecule has 0 atom stereocenters. The number of nitrogens with zero attached hydrogens (tertiary/aromatic N) is 3. The lowest BCUT2D eigenvalue weighted by Gasteiger charge is -2.10. The van der Waals surface area contributed by atoms with Crippen LogP contribution in [0.2, 0.25) is 0 Å². The maximum atomic E-state index is 11.8. The van der Waals surface area contributed by atoms with Gasteiger partial charge in [0.25, 0.3) is 5.91 Å². The minimum absolute atomic E-state index is 0.0490. The molecule has 0 spiro atoms. The fraction of sp³-hybridized carbons (Fsp3) is 0.250. The van der Waals surface area contributed by atoms with Crippen LogP contribution in [-0.4, -0.2) is 35.0 Å². The normalized spacial score (nSPS) is 10.3. The van der Waals surface area contributed by atoms with E-state index in [9.17, 15) is 4.79 Å². The van der Waals surface area contributed by atoms with Crippen LogP contribution >= 0.6 is 0 Å². The summed E-state index contributed by atoms with van der Waals surface area (Å²) in [4.78, 5) is 17.4. The van der Waals surface area contributed by atoms with Crippen molar-refractivity contribution in [1.82, 2.24) is 15.0 Å². The van der Waals surface area contributed by atoms with Crippen LogP contribution in [0.4, 0.5) is 0 Å². The van der Waals surface area contributed by atoms with E-state index in [1.807, 2.05) is 6.07 Å². The van der Waals surface area contributed by atoms with Crippen molar-refractivity contribution in [2.45, 2.75) is 6.92 Å². The number of carbonyl (C=O) groups excluding carboxylic acids is 1. The van der Waals surface area contributed by atoms with Crippen LogP contribution in [-0.2, 0) is 0 Å². The number of hydrogen-bond donors (Lipinski definition) is 0. The molecule has 0 aliphatic heterocycles. The van der Waals surface area contributed by atoms with Crippen molar-refractivity contribution >= 4 is 5.91 Å². The van der Waals surface area contributed by atoms with Crippen molar-refractivity contribution in [2.75, 3.05) is 14.1 Å². The molecule has 0 fully saturated rings. The molecule has 0 radical (unpaired) electrons. The Hall–Kier alpha value is -2.17. The average molecular weight is 231 g/mol. The highest BCUT2D eigenvalue weighted by molar-refractivity contribution is 5.94. The molecular formula is C12H13N3O2. The molecule has 5 nitrogen and oxygen atoms in total. The summed E-state index contributed by atoms with van der Waals surface area (Å²) in [7, 11) is 3.43. The average Bonchev–Trinajstić information content (AvgIpc) is 2.75. The second kappa shape index (κ2) is 4.37. The van der Waals surface area contributed by atoms with Gasteiger partial charge in [0, 0.05) is 32.1 Å². The van der Waals surface area contributed by atoms with E-state index in [2.05, 4.69) is 10.1 Å². The monoisotopic (exact) mass is 231 g/mol. The molecule has 17 heavy (non-hydrogen) atoms. The van der Waals surface area contributed by atoms with E-state index in [-0.39, 0.29) is 5.91 Å². The number of aryl methyl sites for hydroxylation is 1. The minimum atomic E-state index is -0.0490. The smallest absolute Gasteiger partial charge is 0.253 e. The zero-order chi connectivity index (χ0) is 12.4. The minimum Gasteiger partial charge on any atom is -0.345 e. The molecule has 0 unspecified atom stereocenters. The van der Waals surface area contributed by atoms with Gasteiger partial charge in [0.05, 0.1) is 0 Å². The van der Waals surface area contributed by atoms with Crippen LogP contribution in [0.3, 0.4) is 0 Å². The Morgan fingerprint density at radius 2 is 2.12 bits per heavy atom. The van der Waals surface area contributed by atoms with Crippen molar-refractivity contribution < 1.29 is 9.32 Å². The first-order valence-electron chi connectivity index (χ1n) is 5.20. The zero-order valence-corrected chi connectivity index (χ0v) is 9.97. The zero-order valence-electron chi connectivity index (χ0n) is 9.97. The molecule has 0 aliphatic carbocycles. The van der Waals surface area contributed by atoms with Gasteiger partial charge in [-0.15, -0.1) is 0 Å². The van der Waals surface area contributed by atoms with E-state index in [0.29, 0.717) is 17.3 Å². The highest BCUT2D eigenvalue weighted by atomic mass is 16.5. The molecule has 5 heteroatoms. The quantitative estimate of drug-likeness (QED) is 0.790. The summed E-state index contributed by atoms with van der Waals surface area (Å²) in [6.45, 7) is 1.73. The van der Waals surface area contributed by atoms with Crippen molar-refractivity contribution in [2.24, 2.45) is 0 Å². The van der Waals surface area contributed by atoms with E-state index in [1.165, 1.54) is 4.90 Å². The van der Waals surface area contributed by atoms with Crippen LogP contribution < -0.4 is 0 Å². The van der Waals surface area contributed by atoms with Crippen LogP contribution in [0.15, 0.2) is 28.8 Å². The molecule has 0 aliphatic rings. The van der Waals surface area contributed by atoms with E-state index >= 15 is 0 Å². The van der Waals surface area contributed by atoms with E-state index in [4.69, 9.17) is 4.52 Å². The Bertz CT molecular complexity index is 546. The van der Waals surface area contributed by atoms with Crippen LogP contribution in [0.5, 0.6) is 0 Å². The molecule has 1 aromatic carbocycles. The summed E-state index contributed by atoms with van der Waals surface area (Å²) in [6, 6.07) is 7.17. The first kappa shape index (κ1) is 11.3. The highest BCUT2D eigenvalue weighted by Crippen LogP contribution is 2.17. The van der Waals surface area contributed by atoms with Gasteiger partial charge in [-0.2, -0.15) is 4.98 Å². The lowest BCUT2D eigenvalue weighted by molar-refractivity contribution is 0.0827. The molecule has 2 aromatic rings. The molecular weight excluding hydrogens is 218 g/mol. The van der Waals surface area contributed by atoms with Crippen molar-refractivity contribution in [3.63, 3.8) is 0 Å². The summed E-state index contributed by atoms with van der Waals surface area (Å²) in [6.07, 6.45) is 0. The predicted molar refractivity (Wildman–Crippen MR) is 62.5 cm³/mol. The lowest BCUT2D eigenvalue weighted by Crippen LogP contribution is -2.21. The third-order valence-corrected chi connectivity index (χ3v) is 2.30. The summed E-state index contributed by atoms with van der Waals surface area (Å²) in [5, 5.41) is 3.82. The van der Waals surface area contributed by atoms with Gasteiger partial charge in [0.15, 0.2) is 0 Å². The predicted octanol–water partition coefficient (Wildman–Crippen LogP) is 1.75. The van der Waals surface area contributed by atoms with E-state index in [0.717, 1.165) is 5.56 Å². The van der Waals surface area contributed by atoms with E-state index < -0.39 is 0 Å². The Balaban J connectivity index is 2.38. The van der Waals surface area contributed by atoms with Gasteiger partial charge >= 0.3 is 0 Å². The first-order chi connectivity index (χ1) is 8.08. The number of aromatic nitrogens is 2. The van der Waals surface area contributed by atoms with Crippen LogP contribution in [0, 0.1) is 6.92 Å². The van der Waals surface area contributed by atoms with Gasteiger partial charge in [-0.3, -0.25) is 4.79 Å². The number of benzene rings is 1. The molecule has 1 aromatic heterocycles. The molecule has 1 amide bonds. The Morgan fingerprint density at radius 3 is 2.71 bits per heavy atom. The maximum absolute atomic E-state index is 11.8. The topological polar surface area (TPSA) is 59.2 Å². The second-order valence-electron chi connectivity index (χ2n) is 3.92. The third-order valence-electron chi connectivity index (χ3n) is 2.30. The molecule has 0 N–H and O–H groups in total. The van der Waals surface area contributed by atoms with Crippen molar-refractivity contribution in [1.29, 1.82) is 0 Å². The van der Waals surface area contributed by atoms with Crippen molar-refractivity contribution in [3.8, 4) is 11.4 Å². The fourth-order valence-electron chi connectivity index (χ4n) is 1.47. The number of hydrogen-bond acceptors (Lipinski definition) is 4. The Labute approximate surface area is 99.1 Å². The molecule has 1 heterocycles. The number of rotatable bonds is 2. The Morgan fingerprint density at radius 1 is 1.35 bits per heavy atom. The summed E-state index contributed by atoms with van der Waals surface area (Å²) in [5.41, 5.74) is 1.38. The molecule has 0 bridgehead atoms. The summed E-state index contributed by atoms with van der Waals surface area (Å²) >= 11 is 0. The van der Waals surface area contributed by atoms with E-state index in [1.54, 1.807) is 39.2 Å². The van der Waals surface area contributed by atoms with Crippen molar-refractivity contribution in [3.05, 3.63) is 35.7 Å². The first-order valence-corrected chi connectivity index (χ1v) is 5.20. The van der Waals surface area contributed by atoms with Crippen LogP contribution in [0.25, 0.3) is 11.4 Å². The van der Waals surface area contributed by atoms with Gasteiger partial charge in [-0.05, 0) is 12.1 Å². The summed E-state index contributed by atoms with van der Waals surface area (Å²) < 4.78 is 4.91. The molecule has 88 valence electrons. The number of amides is 1. The van der Waals surface area contributed by atoms with Gasteiger partial charge in [0.1, 0.15) is 0 Å². The van der Waals surface area contributed by atoms with Gasteiger partial charge in [-0.25, -0.2) is 0 Å². The Kier molecular flexibility index (Phi) is 2.91. The molecule has 0 saturated heterocycles. The van der Waals surface area contributed by atoms with Gasteiger partial charge < -0.3 is 9.42 Å². The number of carbonyl (C=O) groups is 1. The van der Waals surface area contributed by atoms with Gasteiger partial charge in [-0.1, -0.05) is 17.3 Å². The fourth-order valence-corrected chi connectivity index (χ4v) is 1.47. The van der Waals surface area contributed by atoms with Gasteiger partial charge in [0.2, 0.25) is 11.7 Å². The second-order valence-corrected chi connectivity index (χ2v) is 3.92. The third kappa shape index (κ3) is 2.33. The SMILES string of the molecule is Cc1nc(-c2cccc(C(=O)N(C)C)c2)no1. The molecule has 0 saturated carbocycles. The standard InChI is InChI=1S/C12H13N3O2/c1-8-13-11(14-17-8)9-5-4-6-10(7-9)12(16)15(2)3/h4-7H,1-3H3. The largest absolute Gasteiger partial charge is 0.345 e. The summed E-state index contributed by atoms with van der Waals surface area (Å²) in [5.74, 6) is 0.951. The molecule has 2 rings (SSSR count). The lowest BCUT2D eigenvalue weighted by atomic mass is 10.1. The highest BCUT2D eigenvalue weighted by Gasteiger charge is 2.11. The maximum Gasteiger partial charge on any atom is 0.253 e. The van der Waals surface area contributed by atoms with Crippen LogP contribution in [0.1, 0.15) is 16.2 Å².